The molecule has 0 fully saturated rings. The van der Waals surface area contributed by atoms with Crippen molar-refractivity contribution in [2.45, 2.75) is 19.8 Å². The molecule has 0 bridgehead atoms. The SMILES string of the molecule is CC1=Nc2ccc(-n3ncc(C(=O)C4=Cc5ccccc5C4)c3N)cc2C1. The van der Waals surface area contributed by atoms with Gasteiger partial charge >= 0.3 is 0 Å². The Labute approximate surface area is 156 Å². The number of ketones is 1. The first-order valence-electron chi connectivity index (χ1n) is 8.94. The number of benzene rings is 2. The van der Waals surface area contributed by atoms with E-state index >= 15 is 0 Å². The third-order valence-electron chi connectivity index (χ3n) is 5.17. The molecular weight excluding hydrogens is 336 g/mol. The number of nitrogen functional groups attached to an aromatic ring is 1. The van der Waals surface area contributed by atoms with E-state index in [0.717, 1.165) is 40.2 Å². The number of carbonyl (C=O) groups is 1. The molecule has 1 aliphatic carbocycles. The maximum atomic E-state index is 13.0. The van der Waals surface area contributed by atoms with Crippen molar-refractivity contribution in [2.24, 2.45) is 4.99 Å². The molecule has 0 spiro atoms. The molecule has 5 heteroatoms. The average Bonchev–Trinajstić information content (AvgIpc) is 3.35. The Kier molecular flexibility index (Phi) is 3.37. The Balaban J connectivity index is 1.47. The lowest BCUT2D eigenvalue weighted by molar-refractivity contribution is 0.103. The average molecular weight is 354 g/mol. The molecule has 0 atom stereocenters. The molecule has 0 amide bonds. The molecule has 2 aliphatic rings. The Morgan fingerprint density at radius 1 is 1.11 bits per heavy atom. The highest BCUT2D eigenvalue weighted by Gasteiger charge is 2.24. The minimum Gasteiger partial charge on any atom is -0.383 e. The Bertz CT molecular complexity index is 1170. The van der Waals surface area contributed by atoms with E-state index in [1.54, 1.807) is 10.9 Å². The topological polar surface area (TPSA) is 73.3 Å². The molecule has 132 valence electrons. The fourth-order valence-electron chi connectivity index (χ4n) is 3.81. The predicted octanol–water partition coefficient (Wildman–Crippen LogP) is 3.93. The van der Waals surface area contributed by atoms with Gasteiger partial charge in [-0.1, -0.05) is 24.3 Å². The highest BCUT2D eigenvalue weighted by atomic mass is 16.1. The molecule has 2 aromatic carbocycles. The fraction of sp³-hybridized carbons (Fsp3) is 0.136. The van der Waals surface area contributed by atoms with Gasteiger partial charge in [0.25, 0.3) is 0 Å². The smallest absolute Gasteiger partial charge is 0.194 e. The van der Waals surface area contributed by atoms with Crippen LogP contribution in [0.3, 0.4) is 0 Å². The largest absolute Gasteiger partial charge is 0.383 e. The molecule has 2 N–H and O–H groups in total. The molecule has 0 unspecified atom stereocenters. The van der Waals surface area contributed by atoms with E-state index in [0.29, 0.717) is 17.8 Å². The van der Waals surface area contributed by atoms with E-state index in [1.807, 2.05) is 55.5 Å². The molecule has 5 rings (SSSR count). The first-order chi connectivity index (χ1) is 13.1. The van der Waals surface area contributed by atoms with Crippen molar-refractivity contribution in [3.8, 4) is 5.69 Å². The molecular formula is C22H18N4O. The van der Waals surface area contributed by atoms with Crippen molar-refractivity contribution >= 4 is 29.1 Å². The Morgan fingerprint density at radius 2 is 1.96 bits per heavy atom. The quantitative estimate of drug-likeness (QED) is 0.724. The molecule has 1 aliphatic heterocycles. The second-order valence-electron chi connectivity index (χ2n) is 7.07. The predicted molar refractivity (Wildman–Crippen MR) is 107 cm³/mol. The monoisotopic (exact) mass is 354 g/mol. The molecule has 0 radical (unpaired) electrons. The second-order valence-corrected chi connectivity index (χ2v) is 7.07. The van der Waals surface area contributed by atoms with Gasteiger partial charge in [0.15, 0.2) is 5.78 Å². The number of nitrogens with zero attached hydrogens (tertiary/aromatic N) is 3. The number of carbonyl (C=O) groups excluding carboxylic acids is 1. The van der Waals surface area contributed by atoms with Gasteiger partial charge in [0.05, 0.1) is 23.1 Å². The summed E-state index contributed by atoms with van der Waals surface area (Å²) in [4.78, 5) is 17.5. The van der Waals surface area contributed by atoms with Crippen LogP contribution in [0.15, 0.2) is 59.2 Å². The maximum absolute atomic E-state index is 13.0. The van der Waals surface area contributed by atoms with Gasteiger partial charge in [-0.15, -0.1) is 0 Å². The van der Waals surface area contributed by atoms with Crippen molar-refractivity contribution in [1.29, 1.82) is 0 Å². The number of hydrogen-bond acceptors (Lipinski definition) is 4. The number of rotatable bonds is 3. The van der Waals surface area contributed by atoms with Gasteiger partial charge in [0, 0.05) is 24.1 Å². The summed E-state index contributed by atoms with van der Waals surface area (Å²) in [6.07, 6.45) is 4.98. The number of nitrogens with two attached hydrogens (primary N) is 1. The summed E-state index contributed by atoms with van der Waals surface area (Å²) in [5.41, 5.74) is 13.9. The van der Waals surface area contributed by atoms with Gasteiger partial charge in [-0.3, -0.25) is 9.79 Å². The van der Waals surface area contributed by atoms with Crippen LogP contribution in [-0.2, 0) is 12.8 Å². The summed E-state index contributed by atoms with van der Waals surface area (Å²) in [6, 6.07) is 14.0. The fourth-order valence-corrected chi connectivity index (χ4v) is 3.81. The van der Waals surface area contributed by atoms with E-state index < -0.39 is 0 Å². The molecule has 1 aromatic heterocycles. The minimum atomic E-state index is -0.0599. The van der Waals surface area contributed by atoms with Crippen molar-refractivity contribution in [3.05, 3.63) is 76.5 Å². The summed E-state index contributed by atoms with van der Waals surface area (Å²) in [5.74, 6) is 0.308. The molecule has 3 aromatic rings. The van der Waals surface area contributed by atoms with Gasteiger partial charge in [-0.2, -0.15) is 5.10 Å². The molecule has 5 nitrogen and oxygen atoms in total. The highest BCUT2D eigenvalue weighted by molar-refractivity contribution is 6.15. The zero-order valence-electron chi connectivity index (χ0n) is 14.9. The van der Waals surface area contributed by atoms with Gasteiger partial charge in [0.2, 0.25) is 0 Å². The van der Waals surface area contributed by atoms with Crippen LogP contribution in [0.4, 0.5) is 11.5 Å². The minimum absolute atomic E-state index is 0.0599. The molecule has 2 heterocycles. The van der Waals surface area contributed by atoms with Crippen molar-refractivity contribution in [1.82, 2.24) is 9.78 Å². The lowest BCUT2D eigenvalue weighted by Gasteiger charge is -2.07. The Hall–Kier alpha value is -3.47. The van der Waals surface area contributed by atoms with Crippen LogP contribution in [0.1, 0.15) is 34.0 Å². The van der Waals surface area contributed by atoms with E-state index in [-0.39, 0.29) is 5.78 Å². The highest BCUT2D eigenvalue weighted by Crippen LogP contribution is 2.31. The zero-order chi connectivity index (χ0) is 18.5. The first-order valence-corrected chi connectivity index (χ1v) is 8.94. The molecule has 27 heavy (non-hydrogen) atoms. The number of allylic oxidation sites excluding steroid dienone is 1. The first kappa shape index (κ1) is 15.8. The van der Waals surface area contributed by atoms with Gasteiger partial charge in [-0.05, 0) is 47.9 Å². The number of aromatic nitrogens is 2. The van der Waals surface area contributed by atoms with Gasteiger partial charge in [-0.25, -0.2) is 4.68 Å². The van der Waals surface area contributed by atoms with Crippen LogP contribution in [0.25, 0.3) is 11.8 Å². The maximum Gasteiger partial charge on any atom is 0.194 e. The third kappa shape index (κ3) is 2.51. The number of anilines is 1. The van der Waals surface area contributed by atoms with Crippen molar-refractivity contribution in [3.63, 3.8) is 0 Å². The van der Waals surface area contributed by atoms with Crippen LogP contribution < -0.4 is 5.73 Å². The van der Waals surface area contributed by atoms with E-state index in [9.17, 15) is 4.79 Å². The van der Waals surface area contributed by atoms with E-state index in [1.165, 1.54) is 5.56 Å². The normalized spacial score (nSPS) is 14.6. The van der Waals surface area contributed by atoms with Crippen LogP contribution in [0.5, 0.6) is 0 Å². The molecule has 0 saturated carbocycles. The van der Waals surface area contributed by atoms with Gasteiger partial charge in [0.1, 0.15) is 5.82 Å². The van der Waals surface area contributed by atoms with Crippen molar-refractivity contribution < 1.29 is 4.79 Å². The van der Waals surface area contributed by atoms with Crippen molar-refractivity contribution in [2.75, 3.05) is 5.73 Å². The summed E-state index contributed by atoms with van der Waals surface area (Å²) in [6.45, 7) is 2.02. The summed E-state index contributed by atoms with van der Waals surface area (Å²) < 4.78 is 1.63. The lowest BCUT2D eigenvalue weighted by Crippen LogP contribution is -2.08. The van der Waals surface area contributed by atoms with E-state index in [4.69, 9.17) is 5.73 Å². The summed E-state index contributed by atoms with van der Waals surface area (Å²) in [5, 5.41) is 4.38. The number of aliphatic imine (C=N–C) groups is 1. The number of Topliss-reactive ketones (excluding diaryl/α,β-unsaturated/α-hetero) is 1. The van der Waals surface area contributed by atoms with Crippen LogP contribution in [0, 0.1) is 0 Å². The number of fused-ring (bicyclic) bond motifs is 2. The van der Waals surface area contributed by atoms with Crippen LogP contribution >= 0.6 is 0 Å². The van der Waals surface area contributed by atoms with Gasteiger partial charge < -0.3 is 5.73 Å². The second kappa shape index (κ2) is 5.77. The Morgan fingerprint density at radius 3 is 2.81 bits per heavy atom. The standard InChI is InChI=1S/C22H18N4O/c1-13-8-16-11-18(6-7-20(16)25-13)26-22(23)19(12-24-26)21(27)17-9-14-4-2-3-5-15(14)10-17/h2-7,9,11-12H,8,10,23H2,1H3. The summed E-state index contributed by atoms with van der Waals surface area (Å²) >= 11 is 0. The zero-order valence-corrected chi connectivity index (χ0v) is 14.9. The van der Waals surface area contributed by atoms with E-state index in [2.05, 4.69) is 10.1 Å². The van der Waals surface area contributed by atoms with Crippen LogP contribution in [-0.4, -0.2) is 21.3 Å². The lowest BCUT2D eigenvalue weighted by atomic mass is 10.0. The number of hydrogen-bond donors (Lipinski definition) is 1. The van der Waals surface area contributed by atoms with Crippen LogP contribution in [0.2, 0.25) is 0 Å². The summed E-state index contributed by atoms with van der Waals surface area (Å²) in [7, 11) is 0. The molecule has 0 saturated heterocycles. The third-order valence-corrected chi connectivity index (χ3v) is 5.17.